The third-order valence-electron chi connectivity index (χ3n) is 7.74. The van der Waals surface area contributed by atoms with Crippen LogP contribution in [-0.2, 0) is 19.0 Å². The van der Waals surface area contributed by atoms with Gasteiger partial charge < -0.3 is 28.7 Å². The van der Waals surface area contributed by atoms with Crippen LogP contribution in [-0.4, -0.2) is 103 Å². The summed E-state index contributed by atoms with van der Waals surface area (Å²) in [6.07, 6.45) is -0.285. The molecule has 0 bridgehead atoms. The lowest BCUT2D eigenvalue weighted by atomic mass is 9.86. The Bertz CT molecular complexity index is 1320. The summed E-state index contributed by atoms with van der Waals surface area (Å²) in [6, 6.07) is 8.58. The molecule has 11 nitrogen and oxygen atoms in total. The van der Waals surface area contributed by atoms with Gasteiger partial charge in [-0.05, 0) is 37.8 Å². The quantitative estimate of drug-likeness (QED) is 0.314. The van der Waals surface area contributed by atoms with E-state index in [2.05, 4.69) is 15.0 Å². The molecule has 1 saturated heterocycles. The molecule has 228 valence electrons. The number of hydrogen-bond donors (Lipinski definition) is 0. The van der Waals surface area contributed by atoms with Gasteiger partial charge in [0.2, 0.25) is 17.7 Å². The summed E-state index contributed by atoms with van der Waals surface area (Å²) in [5.41, 5.74) is 0.978. The Morgan fingerprint density at radius 1 is 1.02 bits per heavy atom. The number of hydrogen-bond acceptors (Lipinski definition) is 9. The number of ether oxygens (including phenoxy) is 4. The van der Waals surface area contributed by atoms with Crippen LogP contribution in [0.25, 0.3) is 16.9 Å². The second-order valence-corrected chi connectivity index (χ2v) is 10.5. The fourth-order valence-electron chi connectivity index (χ4n) is 5.50. The molecular formula is C29H38F2N6O5. The zero-order chi connectivity index (χ0) is 29.5. The molecule has 5 rings (SSSR count). The molecule has 0 atom stereocenters. The minimum Gasteiger partial charge on any atom is -0.474 e. The van der Waals surface area contributed by atoms with Crippen molar-refractivity contribution in [3.05, 3.63) is 36.2 Å². The van der Waals surface area contributed by atoms with Crippen molar-refractivity contribution in [2.24, 2.45) is 5.92 Å². The van der Waals surface area contributed by atoms with Gasteiger partial charge in [0.15, 0.2) is 5.82 Å². The van der Waals surface area contributed by atoms with Crippen molar-refractivity contribution in [1.29, 1.82) is 0 Å². The van der Waals surface area contributed by atoms with Crippen LogP contribution in [0.3, 0.4) is 0 Å². The van der Waals surface area contributed by atoms with Crippen molar-refractivity contribution in [2.75, 3.05) is 71.7 Å². The maximum Gasteiger partial charge on any atom is 0.296 e. The maximum atomic E-state index is 14.1. The summed E-state index contributed by atoms with van der Waals surface area (Å²) in [4.78, 5) is 30.5. The highest BCUT2D eigenvalue weighted by atomic mass is 19.3. The molecule has 0 unspecified atom stereocenters. The number of fused-ring (bicyclic) bond motifs is 1. The number of carbonyl (C=O) groups excluding carboxylic acids is 1. The first-order chi connectivity index (χ1) is 20.5. The fourth-order valence-corrected chi connectivity index (χ4v) is 5.50. The molecule has 0 radical (unpaired) electrons. The third kappa shape index (κ3) is 6.96. The number of para-hydroxylation sites is 2. The summed E-state index contributed by atoms with van der Waals surface area (Å²) < 4.78 is 51.9. The Hall–Kier alpha value is -3.42. The Labute approximate surface area is 243 Å². The van der Waals surface area contributed by atoms with Gasteiger partial charge in [0, 0.05) is 52.4 Å². The number of nitrogens with zero attached hydrogens (tertiary/aromatic N) is 6. The highest BCUT2D eigenvalue weighted by molar-refractivity contribution is 5.79. The van der Waals surface area contributed by atoms with Crippen molar-refractivity contribution in [3.8, 4) is 11.7 Å². The van der Waals surface area contributed by atoms with E-state index in [1.165, 1.54) is 4.57 Å². The molecular weight excluding hydrogens is 550 g/mol. The fraction of sp³-hybridized carbons (Fsp3) is 0.586. The Balaban J connectivity index is 1.37. The average molecular weight is 589 g/mol. The van der Waals surface area contributed by atoms with Crippen molar-refractivity contribution >= 4 is 22.9 Å². The van der Waals surface area contributed by atoms with Crippen LogP contribution < -0.4 is 9.64 Å². The van der Waals surface area contributed by atoms with Crippen LogP contribution in [0.5, 0.6) is 5.88 Å². The van der Waals surface area contributed by atoms with Gasteiger partial charge in [-0.3, -0.25) is 9.36 Å². The lowest BCUT2D eigenvalue weighted by Gasteiger charge is -2.32. The van der Waals surface area contributed by atoms with Crippen LogP contribution >= 0.6 is 0 Å². The Morgan fingerprint density at radius 2 is 1.71 bits per heavy atom. The van der Waals surface area contributed by atoms with Crippen molar-refractivity contribution in [2.45, 2.75) is 38.2 Å². The van der Waals surface area contributed by atoms with E-state index in [4.69, 9.17) is 18.9 Å². The first-order valence-corrected chi connectivity index (χ1v) is 14.4. The Morgan fingerprint density at radius 3 is 2.38 bits per heavy atom. The van der Waals surface area contributed by atoms with Gasteiger partial charge in [-0.1, -0.05) is 12.1 Å². The monoisotopic (exact) mass is 588 g/mol. The highest BCUT2D eigenvalue weighted by Crippen LogP contribution is 2.32. The largest absolute Gasteiger partial charge is 0.474 e. The van der Waals surface area contributed by atoms with E-state index >= 15 is 0 Å². The maximum absolute atomic E-state index is 14.1. The number of rotatable bonds is 12. The van der Waals surface area contributed by atoms with Gasteiger partial charge >= 0.3 is 0 Å². The van der Waals surface area contributed by atoms with E-state index in [0.717, 1.165) is 0 Å². The van der Waals surface area contributed by atoms with Gasteiger partial charge in [0.1, 0.15) is 11.9 Å². The second kappa shape index (κ2) is 14.2. The van der Waals surface area contributed by atoms with Crippen LogP contribution in [0.1, 0.15) is 37.9 Å². The smallest absolute Gasteiger partial charge is 0.296 e. The summed E-state index contributed by atoms with van der Waals surface area (Å²) >= 11 is 0. The van der Waals surface area contributed by atoms with E-state index in [-0.39, 0.29) is 29.6 Å². The number of carbonyl (C=O) groups is 1. The molecule has 1 amide bonds. The second-order valence-electron chi connectivity index (χ2n) is 10.5. The number of methoxy groups -OCH3 is 2. The minimum atomic E-state index is -2.80. The molecule has 2 aliphatic rings. The zero-order valence-corrected chi connectivity index (χ0v) is 24.1. The number of imidazole rings is 1. The van der Waals surface area contributed by atoms with Crippen molar-refractivity contribution in [3.63, 3.8) is 0 Å². The number of benzene rings is 1. The number of halogens is 2. The molecule has 3 aromatic rings. The van der Waals surface area contributed by atoms with Gasteiger partial charge in [-0.25, -0.2) is 13.8 Å². The molecule has 1 saturated carbocycles. The number of amides is 1. The van der Waals surface area contributed by atoms with E-state index in [9.17, 15) is 13.6 Å². The molecule has 1 aliphatic carbocycles. The number of alkyl halides is 2. The Kier molecular flexibility index (Phi) is 10.1. The molecule has 2 fully saturated rings. The number of aromatic nitrogens is 4. The molecule has 2 aromatic heterocycles. The zero-order valence-electron chi connectivity index (χ0n) is 24.1. The number of morpholine rings is 1. The first-order valence-electron chi connectivity index (χ1n) is 14.4. The van der Waals surface area contributed by atoms with E-state index in [0.29, 0.717) is 101 Å². The first kappa shape index (κ1) is 30.1. The summed E-state index contributed by atoms with van der Waals surface area (Å²) in [6.45, 7) is 4.16. The molecule has 0 N–H and O–H groups in total. The van der Waals surface area contributed by atoms with Gasteiger partial charge in [-0.15, -0.1) is 0 Å². The lowest BCUT2D eigenvalue weighted by molar-refractivity contribution is -0.138. The molecule has 13 heteroatoms. The molecule has 42 heavy (non-hydrogen) atoms. The SMILES string of the molecule is COCCN(CCOC)C(=O)[C@H]1CC[C@H](Oc2cc(-n3c(C(F)F)nc4ccccc43)nc(N3CCOCC3)n2)CC1. The molecule has 1 aromatic carbocycles. The van der Waals surface area contributed by atoms with Gasteiger partial charge in [-0.2, -0.15) is 9.97 Å². The molecule has 1 aliphatic heterocycles. The highest BCUT2D eigenvalue weighted by Gasteiger charge is 2.31. The summed E-state index contributed by atoms with van der Waals surface area (Å²) in [5.74, 6) is 0.568. The minimum absolute atomic E-state index is 0.102. The van der Waals surface area contributed by atoms with Crippen LogP contribution in [0.15, 0.2) is 30.3 Å². The molecule has 3 heterocycles. The predicted octanol–water partition coefficient (Wildman–Crippen LogP) is 3.65. The van der Waals surface area contributed by atoms with Crippen molar-refractivity contribution in [1.82, 2.24) is 24.4 Å². The van der Waals surface area contributed by atoms with E-state index in [1.807, 2.05) is 4.90 Å². The van der Waals surface area contributed by atoms with Gasteiger partial charge in [0.25, 0.3) is 6.43 Å². The summed E-state index contributed by atoms with van der Waals surface area (Å²) in [7, 11) is 3.24. The third-order valence-corrected chi connectivity index (χ3v) is 7.74. The molecule has 0 spiro atoms. The standard InChI is InChI=1S/C29H38F2N6O5/c1-39-15-11-35(12-16-40-2)28(38)20-7-9-21(10-8-20)42-25-19-24(33-29(34-25)36-13-17-41-18-14-36)37-23-6-4-3-5-22(23)32-27(37)26(30)31/h3-6,19-21,26H,7-18H2,1-2H3/t20-,21-. The topological polar surface area (TPSA) is 104 Å². The van der Waals surface area contributed by atoms with E-state index < -0.39 is 6.43 Å². The summed E-state index contributed by atoms with van der Waals surface area (Å²) in [5, 5.41) is 0. The van der Waals surface area contributed by atoms with Gasteiger partial charge in [0.05, 0.1) is 37.5 Å². The van der Waals surface area contributed by atoms with Crippen molar-refractivity contribution < 1.29 is 32.5 Å². The van der Waals surface area contributed by atoms with E-state index in [1.54, 1.807) is 49.5 Å². The van der Waals surface area contributed by atoms with Crippen LogP contribution in [0, 0.1) is 5.92 Å². The lowest BCUT2D eigenvalue weighted by Crippen LogP contribution is -2.42. The van der Waals surface area contributed by atoms with Crippen LogP contribution in [0.4, 0.5) is 14.7 Å². The predicted molar refractivity (Wildman–Crippen MR) is 151 cm³/mol. The average Bonchev–Trinajstić information content (AvgIpc) is 3.42. The number of anilines is 1. The normalized spacial score (nSPS) is 19.4. The van der Waals surface area contributed by atoms with Crippen LogP contribution in [0.2, 0.25) is 0 Å².